The Labute approximate surface area is 206 Å². The zero-order chi connectivity index (χ0) is 22.8. The van der Waals surface area contributed by atoms with Crippen LogP contribution in [0.4, 0.5) is 0 Å². The number of nitrogens with one attached hydrogen (secondary N) is 1. The number of benzene rings is 1. The molecule has 0 spiro atoms. The van der Waals surface area contributed by atoms with E-state index in [0.29, 0.717) is 23.2 Å². The largest absolute Gasteiger partial charge is 0.478 e. The molecule has 3 heterocycles. The van der Waals surface area contributed by atoms with Crippen LogP contribution in [0.2, 0.25) is 5.02 Å². The van der Waals surface area contributed by atoms with E-state index in [0.717, 1.165) is 22.8 Å². The molecule has 2 N–H and O–H groups in total. The Balaban J connectivity index is 1.42. The van der Waals surface area contributed by atoms with Gasteiger partial charge in [-0.15, -0.1) is 11.8 Å². The van der Waals surface area contributed by atoms with Gasteiger partial charge in [-0.25, -0.2) is 4.98 Å². The minimum atomic E-state index is -1.08. The second-order valence-electron chi connectivity index (χ2n) is 8.56. The number of thiophene rings is 1. The van der Waals surface area contributed by atoms with Crippen LogP contribution in [0.1, 0.15) is 36.9 Å². The van der Waals surface area contributed by atoms with Crippen molar-refractivity contribution in [3.63, 3.8) is 0 Å². The molecular formula is C25H25ClN2O3S2. The molecule has 8 heteroatoms. The van der Waals surface area contributed by atoms with Crippen LogP contribution in [0.5, 0.6) is 5.88 Å². The van der Waals surface area contributed by atoms with Gasteiger partial charge in [0.25, 0.3) is 0 Å². The van der Waals surface area contributed by atoms with Gasteiger partial charge in [-0.3, -0.25) is 10.1 Å². The number of carbonyl (C=O) groups excluding carboxylic acids is 1. The van der Waals surface area contributed by atoms with E-state index in [1.165, 1.54) is 24.6 Å². The van der Waals surface area contributed by atoms with Crippen LogP contribution < -0.4 is 10.1 Å². The number of aromatic nitrogens is 1. The molecule has 2 aromatic heterocycles. The maximum atomic E-state index is 13.4. The molecule has 0 bridgehead atoms. The quantitative estimate of drug-likeness (QED) is 0.439. The minimum Gasteiger partial charge on any atom is -0.478 e. The molecule has 1 aliphatic carbocycles. The van der Waals surface area contributed by atoms with Gasteiger partial charge in [0.1, 0.15) is 11.5 Å². The van der Waals surface area contributed by atoms with Crippen LogP contribution in [-0.4, -0.2) is 34.0 Å². The van der Waals surface area contributed by atoms with Gasteiger partial charge in [0.2, 0.25) is 5.88 Å². The minimum absolute atomic E-state index is 0.0563. The summed E-state index contributed by atoms with van der Waals surface area (Å²) in [6.07, 6.45) is 2.71. The van der Waals surface area contributed by atoms with Crippen molar-refractivity contribution in [3.05, 3.63) is 75.6 Å². The Kier molecular flexibility index (Phi) is 6.77. The average Bonchev–Trinajstić information content (AvgIpc) is 3.46. The third-order valence-electron chi connectivity index (χ3n) is 6.18. The predicted octanol–water partition coefficient (Wildman–Crippen LogP) is 5.26. The van der Waals surface area contributed by atoms with Crippen molar-refractivity contribution in [2.24, 2.45) is 5.92 Å². The smallest absolute Gasteiger partial charge is 0.213 e. The summed E-state index contributed by atoms with van der Waals surface area (Å²) in [5, 5.41) is 18.3. The van der Waals surface area contributed by atoms with Gasteiger partial charge < -0.3 is 9.84 Å². The molecule has 172 valence electrons. The zero-order valence-electron chi connectivity index (χ0n) is 17.9. The molecule has 3 atom stereocenters. The van der Waals surface area contributed by atoms with Crippen molar-refractivity contribution in [3.8, 4) is 5.88 Å². The van der Waals surface area contributed by atoms with Crippen molar-refractivity contribution >= 4 is 40.5 Å². The molecule has 3 unspecified atom stereocenters. The summed E-state index contributed by atoms with van der Waals surface area (Å²) >= 11 is 9.13. The predicted molar refractivity (Wildman–Crippen MR) is 132 cm³/mol. The topological polar surface area (TPSA) is 71.5 Å². The number of pyridine rings is 1. The standard InChI is InChI=1S/C25H25ClN2O3S2/c26-18-4-1-2-5-20(18)33-23-19(29)14-25(28-24(23)30,17-11-13-32-15-17)21-6-3-7-22(27-21)31-12-10-16-8-9-16/h1-7,11,13,15-16,23-24,28,30H,8-10,12,14H2. The number of aliphatic hydroxyl groups excluding tert-OH is 1. The van der Waals surface area contributed by atoms with Gasteiger partial charge >= 0.3 is 0 Å². The number of ketones is 1. The number of hydrogen-bond donors (Lipinski definition) is 2. The third kappa shape index (κ3) is 4.98. The second kappa shape index (κ2) is 9.76. The molecular weight excluding hydrogens is 476 g/mol. The SMILES string of the molecule is O=C1CC(c2ccsc2)(c2cccc(OCCC3CC3)n2)NC(O)C1Sc1ccccc1Cl. The van der Waals surface area contributed by atoms with Crippen LogP contribution in [-0.2, 0) is 10.3 Å². The summed E-state index contributed by atoms with van der Waals surface area (Å²) in [7, 11) is 0. The van der Waals surface area contributed by atoms with E-state index in [9.17, 15) is 9.90 Å². The van der Waals surface area contributed by atoms with E-state index >= 15 is 0 Å². The highest BCUT2D eigenvalue weighted by Gasteiger charge is 2.48. The van der Waals surface area contributed by atoms with Gasteiger partial charge in [-0.2, -0.15) is 11.3 Å². The number of halogens is 1. The number of piperidine rings is 1. The first kappa shape index (κ1) is 22.9. The third-order valence-corrected chi connectivity index (χ3v) is 8.69. The first-order chi connectivity index (χ1) is 16.0. The van der Waals surface area contributed by atoms with Gasteiger partial charge in [-0.05, 0) is 52.9 Å². The number of Topliss-reactive ketones (excluding diaryl/α,β-unsaturated/α-hetero) is 1. The molecule has 2 fully saturated rings. The fraction of sp³-hybridized carbons (Fsp3) is 0.360. The van der Waals surface area contributed by atoms with Crippen LogP contribution in [0.25, 0.3) is 0 Å². The molecule has 2 aliphatic rings. The lowest BCUT2D eigenvalue weighted by Crippen LogP contribution is -2.60. The van der Waals surface area contributed by atoms with Crippen LogP contribution in [0.3, 0.4) is 0 Å². The summed E-state index contributed by atoms with van der Waals surface area (Å²) in [4.78, 5) is 19.0. The average molecular weight is 501 g/mol. The Morgan fingerprint density at radius 3 is 2.79 bits per heavy atom. The number of rotatable bonds is 8. The van der Waals surface area contributed by atoms with Gasteiger partial charge in [0.05, 0.1) is 22.9 Å². The van der Waals surface area contributed by atoms with Crippen molar-refractivity contribution in [1.29, 1.82) is 0 Å². The maximum absolute atomic E-state index is 13.4. The van der Waals surface area contributed by atoms with Crippen molar-refractivity contribution in [2.75, 3.05) is 6.61 Å². The van der Waals surface area contributed by atoms with Crippen LogP contribution >= 0.6 is 34.7 Å². The second-order valence-corrected chi connectivity index (χ2v) is 10.9. The highest BCUT2D eigenvalue weighted by molar-refractivity contribution is 8.00. The highest BCUT2D eigenvalue weighted by Crippen LogP contribution is 2.42. The Morgan fingerprint density at radius 1 is 1.21 bits per heavy atom. The lowest BCUT2D eigenvalue weighted by Gasteiger charge is -2.42. The normalized spacial score (nSPS) is 25.2. The zero-order valence-corrected chi connectivity index (χ0v) is 20.3. The molecule has 1 aromatic carbocycles. The summed E-state index contributed by atoms with van der Waals surface area (Å²) < 4.78 is 5.92. The lowest BCUT2D eigenvalue weighted by atomic mass is 9.79. The van der Waals surface area contributed by atoms with Crippen molar-refractivity contribution < 1.29 is 14.6 Å². The fourth-order valence-electron chi connectivity index (χ4n) is 4.20. The van der Waals surface area contributed by atoms with Crippen LogP contribution in [0.15, 0.2) is 64.2 Å². The Hall–Kier alpha value is -1.90. The number of nitrogens with zero attached hydrogens (tertiary/aromatic N) is 1. The molecule has 33 heavy (non-hydrogen) atoms. The molecule has 3 aromatic rings. The Bertz CT molecular complexity index is 1120. The van der Waals surface area contributed by atoms with Gasteiger partial charge in [0.15, 0.2) is 5.78 Å². The van der Waals surface area contributed by atoms with E-state index in [1.807, 2.05) is 53.2 Å². The first-order valence-corrected chi connectivity index (χ1v) is 13.3. The molecule has 1 saturated carbocycles. The molecule has 1 aliphatic heterocycles. The summed E-state index contributed by atoms with van der Waals surface area (Å²) in [5.41, 5.74) is 0.645. The molecule has 5 nitrogen and oxygen atoms in total. The van der Waals surface area contributed by atoms with Crippen molar-refractivity contribution in [2.45, 2.75) is 47.6 Å². The van der Waals surface area contributed by atoms with E-state index in [1.54, 1.807) is 17.4 Å². The lowest BCUT2D eigenvalue weighted by molar-refractivity contribution is -0.125. The van der Waals surface area contributed by atoms with E-state index in [2.05, 4.69) is 5.32 Å². The molecule has 5 rings (SSSR count). The number of hydrogen-bond acceptors (Lipinski definition) is 7. The monoisotopic (exact) mass is 500 g/mol. The fourth-order valence-corrected chi connectivity index (χ4v) is 6.22. The molecule has 0 amide bonds. The first-order valence-electron chi connectivity index (χ1n) is 11.1. The summed E-state index contributed by atoms with van der Waals surface area (Å²) in [5.74, 6) is 1.27. The summed E-state index contributed by atoms with van der Waals surface area (Å²) in [6.45, 7) is 0.637. The number of thioether (sulfide) groups is 1. The van der Waals surface area contributed by atoms with Crippen LogP contribution in [0, 0.1) is 5.92 Å². The van der Waals surface area contributed by atoms with E-state index < -0.39 is 17.0 Å². The molecule has 0 radical (unpaired) electrons. The van der Waals surface area contributed by atoms with E-state index in [-0.39, 0.29) is 12.2 Å². The Morgan fingerprint density at radius 2 is 2.06 bits per heavy atom. The number of ether oxygens (including phenoxy) is 1. The number of carbonyl (C=O) groups is 1. The van der Waals surface area contributed by atoms with Crippen molar-refractivity contribution in [1.82, 2.24) is 10.3 Å². The molecule has 1 saturated heterocycles. The van der Waals surface area contributed by atoms with Gasteiger partial charge in [-0.1, -0.05) is 42.6 Å². The highest BCUT2D eigenvalue weighted by atomic mass is 35.5. The summed E-state index contributed by atoms with van der Waals surface area (Å²) in [6, 6.07) is 15.0. The van der Waals surface area contributed by atoms with Gasteiger partial charge in [0, 0.05) is 17.4 Å². The maximum Gasteiger partial charge on any atom is 0.213 e. The van der Waals surface area contributed by atoms with E-state index in [4.69, 9.17) is 21.3 Å². The number of aliphatic hydroxyl groups is 1.